The van der Waals surface area contributed by atoms with Crippen molar-refractivity contribution in [1.29, 1.82) is 0 Å². The summed E-state index contributed by atoms with van der Waals surface area (Å²) >= 11 is 0. The van der Waals surface area contributed by atoms with E-state index in [2.05, 4.69) is 9.47 Å². The molecule has 84 valence electrons. The molecule has 15 heavy (non-hydrogen) atoms. The first-order valence-electron chi connectivity index (χ1n) is 3.80. The summed E-state index contributed by atoms with van der Waals surface area (Å²) in [5, 5.41) is 0. The molecule has 0 spiro atoms. The Labute approximate surface area is 82.6 Å². The number of rotatable bonds is 3. The van der Waals surface area contributed by atoms with E-state index in [4.69, 9.17) is 4.42 Å². The molecule has 0 atom stereocenters. The van der Waals surface area contributed by atoms with Gasteiger partial charge in [0.2, 0.25) is 5.76 Å². The van der Waals surface area contributed by atoms with Crippen molar-refractivity contribution >= 4 is 5.97 Å². The minimum Gasteiger partial charge on any atom is -0.468 e. The molecule has 0 aliphatic carbocycles. The van der Waals surface area contributed by atoms with Crippen LogP contribution in [-0.2, 0) is 4.74 Å². The number of furan rings is 1. The van der Waals surface area contributed by atoms with E-state index in [-0.39, 0.29) is 11.7 Å². The number of methoxy groups -OCH3 is 1. The number of ether oxygens (including phenoxy) is 2. The van der Waals surface area contributed by atoms with Crippen LogP contribution in [0.4, 0.5) is 13.2 Å². The fourth-order valence-electron chi connectivity index (χ4n) is 0.758. The van der Waals surface area contributed by atoms with Gasteiger partial charge >= 0.3 is 12.1 Å². The quantitative estimate of drug-likeness (QED) is 0.737. The van der Waals surface area contributed by atoms with Crippen LogP contribution in [0, 0.1) is 0 Å². The van der Waals surface area contributed by atoms with Crippen LogP contribution >= 0.6 is 0 Å². The van der Waals surface area contributed by atoms with E-state index in [0.29, 0.717) is 0 Å². The van der Waals surface area contributed by atoms with Crippen molar-refractivity contribution < 1.29 is 31.9 Å². The highest BCUT2D eigenvalue weighted by Gasteiger charge is 2.30. The van der Waals surface area contributed by atoms with Crippen molar-refractivity contribution in [2.45, 2.75) is 6.18 Å². The van der Waals surface area contributed by atoms with Crippen LogP contribution in [0.5, 0.6) is 5.95 Å². The van der Waals surface area contributed by atoms with Gasteiger partial charge in [0, 0.05) is 6.07 Å². The van der Waals surface area contributed by atoms with Gasteiger partial charge in [-0.05, 0) is 6.07 Å². The van der Waals surface area contributed by atoms with Crippen molar-refractivity contribution in [2.75, 3.05) is 13.7 Å². The Morgan fingerprint density at radius 1 is 1.47 bits per heavy atom. The summed E-state index contributed by atoms with van der Waals surface area (Å²) in [6, 6.07) is 2.46. The van der Waals surface area contributed by atoms with Crippen molar-refractivity contribution in [1.82, 2.24) is 0 Å². The molecular formula is C8H7F3O4. The summed E-state index contributed by atoms with van der Waals surface area (Å²) in [5.74, 6) is -1.50. The highest BCUT2D eigenvalue weighted by Crippen LogP contribution is 2.18. The first-order valence-corrected chi connectivity index (χ1v) is 3.80. The number of hydrogen-bond donors (Lipinski definition) is 0. The topological polar surface area (TPSA) is 48.7 Å². The van der Waals surface area contributed by atoms with Gasteiger partial charge in [-0.3, -0.25) is 0 Å². The Morgan fingerprint density at radius 2 is 2.13 bits per heavy atom. The van der Waals surface area contributed by atoms with Gasteiger partial charge in [-0.2, -0.15) is 13.2 Å². The molecule has 0 aromatic carbocycles. The molecular weight excluding hydrogens is 217 g/mol. The molecule has 1 heterocycles. The summed E-state index contributed by atoms with van der Waals surface area (Å²) in [6.07, 6.45) is -4.55. The molecule has 0 saturated carbocycles. The maximum atomic E-state index is 11.7. The van der Waals surface area contributed by atoms with Gasteiger partial charge in [0.1, 0.15) is 0 Å². The molecule has 4 nitrogen and oxygen atoms in total. The molecule has 0 unspecified atom stereocenters. The first-order chi connectivity index (χ1) is 6.92. The number of esters is 1. The van der Waals surface area contributed by atoms with Crippen molar-refractivity contribution in [3.8, 4) is 5.95 Å². The molecule has 0 aliphatic heterocycles. The number of hydrogen-bond acceptors (Lipinski definition) is 4. The standard InChI is InChI=1S/C8H7F3O4/c1-13-6-3-2-5(15-6)7(12)14-4-8(9,10)11/h2-3H,4H2,1H3. The Kier molecular flexibility index (Phi) is 3.23. The van der Waals surface area contributed by atoms with Crippen molar-refractivity contribution in [2.24, 2.45) is 0 Å². The second-order valence-electron chi connectivity index (χ2n) is 2.51. The maximum Gasteiger partial charge on any atom is 0.422 e. The lowest BCUT2D eigenvalue weighted by Crippen LogP contribution is -2.20. The van der Waals surface area contributed by atoms with E-state index >= 15 is 0 Å². The summed E-state index contributed by atoms with van der Waals surface area (Å²) in [6.45, 7) is -1.64. The molecule has 0 amide bonds. The molecule has 1 aromatic heterocycles. The highest BCUT2D eigenvalue weighted by atomic mass is 19.4. The molecule has 0 fully saturated rings. The largest absolute Gasteiger partial charge is 0.468 e. The van der Waals surface area contributed by atoms with Gasteiger partial charge in [-0.1, -0.05) is 0 Å². The second-order valence-corrected chi connectivity index (χ2v) is 2.51. The third-order valence-electron chi connectivity index (χ3n) is 1.35. The Bertz CT molecular complexity index is 342. The normalized spacial score (nSPS) is 11.2. The van der Waals surface area contributed by atoms with E-state index < -0.39 is 18.8 Å². The summed E-state index contributed by atoms with van der Waals surface area (Å²) in [4.78, 5) is 10.9. The Morgan fingerprint density at radius 3 is 2.60 bits per heavy atom. The predicted octanol–water partition coefficient (Wildman–Crippen LogP) is 2.01. The first kappa shape index (κ1) is 11.4. The van der Waals surface area contributed by atoms with Gasteiger partial charge in [0.15, 0.2) is 6.61 Å². The van der Waals surface area contributed by atoms with Crippen LogP contribution in [0.1, 0.15) is 10.6 Å². The zero-order chi connectivity index (χ0) is 11.5. The fourth-order valence-corrected chi connectivity index (χ4v) is 0.758. The predicted molar refractivity (Wildman–Crippen MR) is 41.6 cm³/mol. The second kappa shape index (κ2) is 4.24. The summed E-state index contributed by atoms with van der Waals surface area (Å²) in [7, 11) is 1.30. The van der Waals surface area contributed by atoms with Gasteiger partial charge < -0.3 is 13.9 Å². The molecule has 0 radical (unpaired) electrons. The lowest BCUT2D eigenvalue weighted by atomic mass is 10.4. The average Bonchev–Trinajstić information content (AvgIpc) is 2.61. The summed E-state index contributed by atoms with van der Waals surface area (Å²) in [5.41, 5.74) is 0. The molecule has 0 aliphatic rings. The van der Waals surface area contributed by atoms with E-state index in [1.807, 2.05) is 0 Å². The highest BCUT2D eigenvalue weighted by molar-refractivity contribution is 5.86. The molecule has 1 rings (SSSR count). The Balaban J connectivity index is 2.54. The number of alkyl halides is 3. The third kappa shape index (κ3) is 3.53. The van der Waals surface area contributed by atoms with Gasteiger partial charge in [0.25, 0.3) is 5.95 Å². The van der Waals surface area contributed by atoms with Crippen molar-refractivity contribution in [3.05, 3.63) is 17.9 Å². The SMILES string of the molecule is COc1ccc(C(=O)OCC(F)(F)F)o1. The number of carbonyl (C=O) groups is 1. The molecule has 7 heteroatoms. The zero-order valence-corrected chi connectivity index (χ0v) is 7.63. The molecule has 0 N–H and O–H groups in total. The number of carbonyl (C=O) groups excluding carboxylic acids is 1. The third-order valence-corrected chi connectivity index (χ3v) is 1.35. The monoisotopic (exact) mass is 224 g/mol. The van der Waals surface area contributed by atoms with Gasteiger partial charge in [-0.25, -0.2) is 4.79 Å². The van der Waals surface area contributed by atoms with Crippen molar-refractivity contribution in [3.63, 3.8) is 0 Å². The molecule has 0 bridgehead atoms. The van der Waals surface area contributed by atoms with E-state index in [1.54, 1.807) is 0 Å². The van der Waals surface area contributed by atoms with E-state index in [1.165, 1.54) is 13.2 Å². The van der Waals surface area contributed by atoms with Gasteiger partial charge in [0.05, 0.1) is 7.11 Å². The van der Waals surface area contributed by atoms with Crippen LogP contribution in [0.3, 0.4) is 0 Å². The van der Waals surface area contributed by atoms with Gasteiger partial charge in [-0.15, -0.1) is 0 Å². The lowest BCUT2D eigenvalue weighted by Gasteiger charge is -2.05. The summed E-state index contributed by atoms with van der Waals surface area (Å²) < 4.78 is 48.2. The van der Waals surface area contributed by atoms with Crippen LogP contribution in [0.25, 0.3) is 0 Å². The maximum absolute atomic E-state index is 11.7. The fraction of sp³-hybridized carbons (Fsp3) is 0.375. The molecule has 1 aromatic rings. The minimum absolute atomic E-state index is 0.0222. The van der Waals surface area contributed by atoms with Crippen LogP contribution in [0.2, 0.25) is 0 Å². The smallest absolute Gasteiger partial charge is 0.422 e. The van der Waals surface area contributed by atoms with Crippen LogP contribution < -0.4 is 4.74 Å². The minimum atomic E-state index is -4.55. The van der Waals surface area contributed by atoms with E-state index in [0.717, 1.165) is 6.07 Å². The lowest BCUT2D eigenvalue weighted by molar-refractivity contribution is -0.161. The van der Waals surface area contributed by atoms with E-state index in [9.17, 15) is 18.0 Å². The van der Waals surface area contributed by atoms with Crippen LogP contribution in [-0.4, -0.2) is 25.9 Å². The van der Waals surface area contributed by atoms with Crippen LogP contribution in [0.15, 0.2) is 16.5 Å². The Hall–Kier alpha value is -1.66. The molecule has 0 saturated heterocycles. The zero-order valence-electron chi connectivity index (χ0n) is 7.63. The number of halogens is 3. The average molecular weight is 224 g/mol.